The fourth-order valence-electron chi connectivity index (χ4n) is 5.22. The number of hydrogen-bond donors (Lipinski definition) is 5. The molecule has 0 fully saturated rings. The van der Waals surface area contributed by atoms with Crippen molar-refractivity contribution in [2.45, 2.75) is 70.7 Å². The summed E-state index contributed by atoms with van der Waals surface area (Å²) in [6, 6.07) is 0.564. The quantitative estimate of drug-likeness (QED) is 0.235. The van der Waals surface area contributed by atoms with Crippen molar-refractivity contribution in [3.63, 3.8) is 0 Å². The van der Waals surface area contributed by atoms with Gasteiger partial charge in [0.15, 0.2) is 28.8 Å². The predicted octanol–water partition coefficient (Wildman–Crippen LogP) is 2.32. The van der Waals surface area contributed by atoms with E-state index < -0.39 is 53.7 Å². The summed E-state index contributed by atoms with van der Waals surface area (Å²) in [7, 11) is 4.60. The predicted molar refractivity (Wildman–Crippen MR) is 171 cm³/mol. The molecule has 5 N–H and O–H groups in total. The molecule has 0 radical (unpaired) electrons. The first-order valence-electron chi connectivity index (χ1n) is 15.6. The van der Waals surface area contributed by atoms with E-state index in [1.807, 2.05) is 13.8 Å². The number of anilines is 1. The molecule has 0 spiro atoms. The SMILES string of the molecule is COc1cc(-c2onc(N(C)C)c2C(=O)N[C@H]2CCCCNC(=O)c3coc(n3)[C@H](CC(C)C)NC(=O)[C@H]([C@@H](C)O)NC2=O)ccc1F. The first-order chi connectivity index (χ1) is 22.8. The van der Waals surface area contributed by atoms with Crippen LogP contribution in [-0.2, 0) is 9.59 Å². The van der Waals surface area contributed by atoms with E-state index in [0.717, 1.165) is 6.07 Å². The minimum Gasteiger partial charge on any atom is -0.494 e. The number of halogens is 1. The van der Waals surface area contributed by atoms with Gasteiger partial charge in [0.1, 0.15) is 30.0 Å². The number of fused-ring (bicyclic) bond motifs is 2. The molecule has 0 aliphatic carbocycles. The molecule has 0 unspecified atom stereocenters. The van der Waals surface area contributed by atoms with Crippen LogP contribution in [0, 0.1) is 11.7 Å². The number of ether oxygens (including phenoxy) is 1. The van der Waals surface area contributed by atoms with Gasteiger partial charge in [0.2, 0.25) is 17.7 Å². The van der Waals surface area contributed by atoms with Crippen LogP contribution in [0.15, 0.2) is 33.4 Å². The molecule has 15 nitrogen and oxygen atoms in total. The average Bonchev–Trinajstić information content (AvgIpc) is 3.70. The molecule has 2 bridgehead atoms. The lowest BCUT2D eigenvalue weighted by molar-refractivity contribution is -0.133. The largest absolute Gasteiger partial charge is 0.494 e. The maximum absolute atomic E-state index is 14.2. The third-order valence-corrected chi connectivity index (χ3v) is 7.70. The molecular formula is C32H42FN7O8. The van der Waals surface area contributed by atoms with E-state index >= 15 is 0 Å². The van der Waals surface area contributed by atoms with Gasteiger partial charge in [-0.15, -0.1) is 0 Å². The Morgan fingerprint density at radius 1 is 1.17 bits per heavy atom. The lowest BCUT2D eigenvalue weighted by Gasteiger charge is -2.27. The monoisotopic (exact) mass is 671 g/mol. The number of aromatic nitrogens is 2. The van der Waals surface area contributed by atoms with Crippen molar-refractivity contribution < 1.29 is 42.4 Å². The summed E-state index contributed by atoms with van der Waals surface area (Å²) in [6.45, 7) is 5.46. The van der Waals surface area contributed by atoms with Gasteiger partial charge in [-0.1, -0.05) is 19.0 Å². The zero-order valence-corrected chi connectivity index (χ0v) is 27.8. The highest BCUT2D eigenvalue weighted by atomic mass is 19.1. The molecule has 4 atom stereocenters. The van der Waals surface area contributed by atoms with Crippen molar-refractivity contribution in [2.24, 2.45) is 5.92 Å². The first kappa shape index (κ1) is 35.9. The smallest absolute Gasteiger partial charge is 0.273 e. The van der Waals surface area contributed by atoms with Crippen LogP contribution in [0.2, 0.25) is 0 Å². The van der Waals surface area contributed by atoms with E-state index in [2.05, 4.69) is 31.4 Å². The summed E-state index contributed by atoms with van der Waals surface area (Å²) < 4.78 is 30.3. The summed E-state index contributed by atoms with van der Waals surface area (Å²) in [4.78, 5) is 59.7. The molecule has 16 heteroatoms. The van der Waals surface area contributed by atoms with Gasteiger partial charge in [-0.2, -0.15) is 0 Å². The standard InChI is InChI=1S/C32H42FN7O8/c1-16(2)13-21-32-37-22(15-47-32)28(42)34-12-8-7-9-20(29(43)38-25(17(3)41)31(45)36-21)35-30(44)24-26(48-39-27(24)40(4)5)18-10-11-19(33)23(14-18)46-6/h10-11,14-17,20-21,25,41H,7-9,12-13H2,1-6H3,(H,34,42)(H,35,44)(H,36,45)(H,38,43)/t17-,20+,21+,25+/m1/s1. The maximum Gasteiger partial charge on any atom is 0.273 e. The number of nitrogens with zero attached hydrogens (tertiary/aromatic N) is 3. The zero-order chi connectivity index (χ0) is 35.1. The van der Waals surface area contributed by atoms with Crippen LogP contribution < -0.4 is 30.9 Å². The van der Waals surface area contributed by atoms with Crippen molar-refractivity contribution in [1.29, 1.82) is 0 Å². The van der Waals surface area contributed by atoms with Gasteiger partial charge in [0.05, 0.1) is 13.2 Å². The third kappa shape index (κ3) is 8.48. The summed E-state index contributed by atoms with van der Waals surface area (Å²) in [5.74, 6) is -2.99. The summed E-state index contributed by atoms with van der Waals surface area (Å²) in [5.41, 5.74) is 0.328. The minimum absolute atomic E-state index is 0.0114. The minimum atomic E-state index is -1.41. The number of benzene rings is 1. The Morgan fingerprint density at radius 2 is 1.92 bits per heavy atom. The van der Waals surface area contributed by atoms with Gasteiger partial charge < -0.3 is 45.0 Å². The molecule has 3 heterocycles. The number of aliphatic hydroxyl groups is 1. The van der Waals surface area contributed by atoms with Crippen LogP contribution >= 0.6 is 0 Å². The molecule has 260 valence electrons. The molecular weight excluding hydrogens is 629 g/mol. The van der Waals surface area contributed by atoms with E-state index in [0.29, 0.717) is 24.8 Å². The molecule has 4 amide bonds. The highest BCUT2D eigenvalue weighted by Gasteiger charge is 2.34. The van der Waals surface area contributed by atoms with Crippen molar-refractivity contribution in [3.8, 4) is 17.1 Å². The number of oxazole rings is 1. The Hall–Kier alpha value is -4.99. The molecule has 48 heavy (non-hydrogen) atoms. The lowest BCUT2D eigenvalue weighted by atomic mass is 10.0. The van der Waals surface area contributed by atoms with Crippen molar-refractivity contribution in [3.05, 3.63) is 47.4 Å². The number of nitrogens with one attached hydrogen (secondary N) is 4. The fraction of sp³-hybridized carbons (Fsp3) is 0.500. The number of carbonyl (C=O) groups is 4. The molecule has 1 aliphatic heterocycles. The molecule has 3 aromatic rings. The topological polar surface area (TPSA) is 201 Å². The highest BCUT2D eigenvalue weighted by molar-refractivity contribution is 6.06. The summed E-state index contributed by atoms with van der Waals surface area (Å²) in [5, 5.41) is 25.5. The Labute approximate surface area is 276 Å². The van der Waals surface area contributed by atoms with Gasteiger partial charge in [0.25, 0.3) is 11.8 Å². The fourth-order valence-corrected chi connectivity index (χ4v) is 5.22. The van der Waals surface area contributed by atoms with Gasteiger partial charge in [-0.05, 0) is 56.7 Å². The van der Waals surface area contributed by atoms with Crippen LogP contribution in [0.25, 0.3) is 11.3 Å². The molecule has 1 aliphatic rings. The maximum atomic E-state index is 14.2. The van der Waals surface area contributed by atoms with E-state index in [1.54, 1.807) is 19.0 Å². The highest BCUT2D eigenvalue weighted by Crippen LogP contribution is 2.33. The average molecular weight is 672 g/mol. The second kappa shape index (κ2) is 15.7. The van der Waals surface area contributed by atoms with Crippen molar-refractivity contribution >= 4 is 29.4 Å². The van der Waals surface area contributed by atoms with Crippen LogP contribution in [0.4, 0.5) is 10.2 Å². The van der Waals surface area contributed by atoms with E-state index in [-0.39, 0.29) is 53.4 Å². The van der Waals surface area contributed by atoms with E-state index in [9.17, 15) is 28.7 Å². The second-order valence-electron chi connectivity index (χ2n) is 12.2. The number of amides is 4. The number of hydrogen-bond acceptors (Lipinski definition) is 11. The van der Waals surface area contributed by atoms with Gasteiger partial charge in [-0.25, -0.2) is 9.37 Å². The molecule has 0 saturated carbocycles. The summed E-state index contributed by atoms with van der Waals surface area (Å²) in [6.07, 6.45) is 1.19. The number of carbonyl (C=O) groups excluding carboxylic acids is 4. The van der Waals surface area contributed by atoms with Gasteiger partial charge in [0, 0.05) is 26.2 Å². The number of aliphatic hydroxyl groups excluding tert-OH is 1. The van der Waals surface area contributed by atoms with Crippen LogP contribution in [-0.4, -0.2) is 84.8 Å². The molecule has 1 aromatic carbocycles. The molecule has 0 saturated heterocycles. The number of methoxy groups -OCH3 is 1. The van der Waals surface area contributed by atoms with Crippen LogP contribution in [0.1, 0.15) is 79.2 Å². The Kier molecular flexibility index (Phi) is 11.8. The normalized spacial score (nSPS) is 20.0. The van der Waals surface area contributed by atoms with Gasteiger partial charge >= 0.3 is 0 Å². The molecule has 2 aromatic heterocycles. The Bertz CT molecular complexity index is 1620. The van der Waals surface area contributed by atoms with Crippen LogP contribution in [0.3, 0.4) is 0 Å². The molecule has 4 rings (SSSR count). The van der Waals surface area contributed by atoms with Crippen molar-refractivity contribution in [1.82, 2.24) is 31.4 Å². The Morgan fingerprint density at radius 3 is 2.58 bits per heavy atom. The lowest BCUT2D eigenvalue weighted by Crippen LogP contribution is -2.57. The third-order valence-electron chi connectivity index (χ3n) is 7.70. The second-order valence-corrected chi connectivity index (χ2v) is 12.2. The summed E-state index contributed by atoms with van der Waals surface area (Å²) >= 11 is 0. The Balaban J connectivity index is 1.66. The first-order valence-corrected chi connectivity index (χ1v) is 15.6. The van der Waals surface area contributed by atoms with Crippen LogP contribution in [0.5, 0.6) is 5.75 Å². The van der Waals surface area contributed by atoms with E-state index in [4.69, 9.17) is 13.7 Å². The number of rotatable bonds is 8. The van der Waals surface area contributed by atoms with Crippen molar-refractivity contribution in [2.75, 3.05) is 32.6 Å². The van der Waals surface area contributed by atoms with Gasteiger partial charge in [-0.3, -0.25) is 19.2 Å². The zero-order valence-electron chi connectivity index (χ0n) is 27.8. The van der Waals surface area contributed by atoms with E-state index in [1.165, 1.54) is 32.4 Å².